The first-order valence-corrected chi connectivity index (χ1v) is 15.0. The third-order valence-electron chi connectivity index (χ3n) is 8.76. The van der Waals surface area contributed by atoms with E-state index >= 15 is 0 Å². The fourth-order valence-corrected chi connectivity index (χ4v) is 3.91. The van der Waals surface area contributed by atoms with Crippen LogP contribution in [0.4, 0.5) is 0 Å². The Bertz CT molecular complexity index is 885. The standard InChI is InChI=1S/2C17H31N2.Ba/c2*1-10-16(6,7)12-13(17(8,9)11-2)19-14(18-12)15(3,4)5;/h2*10-11H2,1-9H3;/q2*-1;+2. The molecule has 0 unspecified atom stereocenters. The van der Waals surface area contributed by atoms with E-state index in [0.717, 1.165) is 37.3 Å². The fourth-order valence-electron chi connectivity index (χ4n) is 3.91. The maximum absolute atomic E-state index is 4.93. The Balaban J connectivity index is 0.000000722. The van der Waals surface area contributed by atoms with E-state index in [2.05, 4.69) is 125 Å². The van der Waals surface area contributed by atoms with Crippen LogP contribution < -0.4 is 9.97 Å². The molecule has 0 atom stereocenters. The Labute approximate surface area is 283 Å². The van der Waals surface area contributed by atoms with Crippen molar-refractivity contribution in [2.75, 3.05) is 0 Å². The van der Waals surface area contributed by atoms with Gasteiger partial charge in [0.1, 0.15) is 0 Å². The van der Waals surface area contributed by atoms with Gasteiger partial charge in [-0.1, -0.05) is 159 Å². The molecule has 0 aliphatic carbocycles. The van der Waals surface area contributed by atoms with E-state index in [1.54, 1.807) is 0 Å². The van der Waals surface area contributed by atoms with Gasteiger partial charge in [0.2, 0.25) is 0 Å². The van der Waals surface area contributed by atoms with E-state index in [0.29, 0.717) is 0 Å². The molecule has 39 heavy (non-hydrogen) atoms. The minimum absolute atomic E-state index is 0. The zero-order chi connectivity index (χ0) is 30.1. The minimum atomic E-state index is 0. The Morgan fingerprint density at radius 3 is 0.846 bits per heavy atom. The van der Waals surface area contributed by atoms with Gasteiger partial charge in [-0.05, 0) is 58.2 Å². The van der Waals surface area contributed by atoms with E-state index in [1.807, 2.05) is 0 Å². The van der Waals surface area contributed by atoms with Gasteiger partial charge in [0, 0.05) is 0 Å². The van der Waals surface area contributed by atoms with Crippen LogP contribution in [0.25, 0.3) is 0 Å². The van der Waals surface area contributed by atoms with Crippen LogP contribution >= 0.6 is 0 Å². The first-order chi connectivity index (χ1) is 16.9. The van der Waals surface area contributed by atoms with Crippen LogP contribution in [0, 0.1) is 0 Å². The van der Waals surface area contributed by atoms with Crippen molar-refractivity contribution in [3.63, 3.8) is 0 Å². The maximum Gasteiger partial charge on any atom is 2.00 e. The van der Waals surface area contributed by atoms with Crippen LogP contribution in [-0.2, 0) is 32.5 Å². The van der Waals surface area contributed by atoms with Crippen molar-refractivity contribution in [2.45, 2.75) is 183 Å². The molecule has 5 heteroatoms. The van der Waals surface area contributed by atoms with E-state index < -0.39 is 0 Å². The molecule has 2 aromatic heterocycles. The molecule has 0 fully saturated rings. The van der Waals surface area contributed by atoms with Crippen molar-refractivity contribution in [2.24, 2.45) is 0 Å². The third kappa shape index (κ3) is 9.50. The van der Waals surface area contributed by atoms with Crippen molar-refractivity contribution in [3.05, 3.63) is 34.4 Å². The molecule has 0 saturated heterocycles. The van der Waals surface area contributed by atoms with Gasteiger partial charge < -0.3 is 19.9 Å². The number of hydrogen-bond donors (Lipinski definition) is 0. The van der Waals surface area contributed by atoms with Gasteiger partial charge in [0.05, 0.1) is 0 Å². The van der Waals surface area contributed by atoms with Gasteiger partial charge in [-0.15, -0.1) is 0 Å². The Morgan fingerprint density at radius 1 is 0.436 bits per heavy atom. The van der Waals surface area contributed by atoms with Crippen molar-refractivity contribution in [1.29, 1.82) is 0 Å². The monoisotopic (exact) mass is 664 g/mol. The van der Waals surface area contributed by atoms with Gasteiger partial charge in [0.15, 0.2) is 0 Å². The van der Waals surface area contributed by atoms with Crippen molar-refractivity contribution < 1.29 is 0 Å². The SMILES string of the molecule is CCC(C)(C)c1nc(C(C)(C)C)[n-]c1C(C)(C)CC.CCC(C)(C)c1nc(C(C)(C)C)[n-]c1C(C)(C)CC.[Ba+2]. The Kier molecular flexibility index (Phi) is 13.5. The topological polar surface area (TPSA) is 54.0 Å². The van der Waals surface area contributed by atoms with E-state index in [-0.39, 0.29) is 81.4 Å². The van der Waals surface area contributed by atoms with Crippen LogP contribution in [-0.4, -0.2) is 58.8 Å². The van der Waals surface area contributed by atoms with E-state index in [9.17, 15) is 0 Å². The molecule has 2 rings (SSSR count). The molecule has 0 amide bonds. The number of rotatable bonds is 8. The van der Waals surface area contributed by atoms with Crippen LogP contribution in [0.1, 0.15) is 185 Å². The molecule has 0 aliphatic rings. The molecule has 4 nitrogen and oxygen atoms in total. The fraction of sp³-hybridized carbons (Fsp3) is 0.824. The molecule has 2 aromatic rings. The van der Waals surface area contributed by atoms with Gasteiger partial charge in [0.25, 0.3) is 0 Å². The second-order valence-corrected chi connectivity index (χ2v) is 15.9. The normalized spacial score (nSPS) is 13.6. The van der Waals surface area contributed by atoms with Crippen molar-refractivity contribution in [3.8, 4) is 0 Å². The summed E-state index contributed by atoms with van der Waals surface area (Å²) < 4.78 is 0. The Hall–Kier alpha value is -0.00857. The second-order valence-electron chi connectivity index (χ2n) is 15.9. The van der Waals surface area contributed by atoms with Crippen LogP contribution in [0.2, 0.25) is 0 Å². The van der Waals surface area contributed by atoms with E-state index in [4.69, 9.17) is 19.9 Å². The summed E-state index contributed by atoms with van der Waals surface area (Å²) >= 11 is 0. The summed E-state index contributed by atoms with van der Waals surface area (Å²) in [5.74, 6) is 1.97. The van der Waals surface area contributed by atoms with E-state index in [1.165, 1.54) is 22.8 Å². The van der Waals surface area contributed by atoms with Gasteiger partial charge in [-0.2, -0.15) is 0 Å². The molecule has 0 aliphatic heterocycles. The summed E-state index contributed by atoms with van der Waals surface area (Å²) in [6.45, 7) is 40.3. The quantitative estimate of drug-likeness (QED) is 0.265. The maximum atomic E-state index is 4.93. The van der Waals surface area contributed by atoms with Crippen LogP contribution in [0.3, 0.4) is 0 Å². The molecule has 0 saturated carbocycles. The molecule has 220 valence electrons. The molecule has 0 radical (unpaired) electrons. The summed E-state index contributed by atoms with van der Waals surface area (Å²) in [5.41, 5.74) is 5.21. The molecule has 0 N–H and O–H groups in total. The van der Waals surface area contributed by atoms with Crippen LogP contribution in [0.15, 0.2) is 0 Å². The average Bonchev–Trinajstić information content (AvgIpc) is 3.46. The molecular weight excluding hydrogens is 602 g/mol. The number of hydrogen-bond acceptors (Lipinski definition) is 2. The Morgan fingerprint density at radius 2 is 0.667 bits per heavy atom. The molecular formula is C34H62BaN4. The smallest absolute Gasteiger partial charge is 0.442 e. The summed E-state index contributed by atoms with van der Waals surface area (Å²) in [6.07, 6.45) is 4.34. The minimum Gasteiger partial charge on any atom is -0.442 e. The molecule has 0 spiro atoms. The average molecular weight is 664 g/mol. The van der Waals surface area contributed by atoms with Crippen molar-refractivity contribution in [1.82, 2.24) is 19.9 Å². The van der Waals surface area contributed by atoms with Crippen molar-refractivity contribution >= 4 is 48.9 Å². The summed E-state index contributed by atoms with van der Waals surface area (Å²) in [4.78, 5) is 19.7. The first kappa shape index (κ1) is 39.0. The summed E-state index contributed by atoms with van der Waals surface area (Å²) in [5, 5.41) is 0. The first-order valence-electron chi connectivity index (χ1n) is 15.0. The van der Waals surface area contributed by atoms with Gasteiger partial charge in [-0.25, -0.2) is 0 Å². The summed E-state index contributed by atoms with van der Waals surface area (Å²) in [6, 6.07) is 0. The van der Waals surface area contributed by atoms with Gasteiger partial charge >= 0.3 is 48.9 Å². The number of nitrogens with zero attached hydrogens (tertiary/aromatic N) is 4. The largest absolute Gasteiger partial charge is 2.00 e. The summed E-state index contributed by atoms with van der Waals surface area (Å²) in [7, 11) is 0. The molecule has 0 aromatic carbocycles. The molecule has 0 bridgehead atoms. The van der Waals surface area contributed by atoms with Crippen LogP contribution in [0.5, 0.6) is 0 Å². The second kappa shape index (κ2) is 13.5. The zero-order valence-electron chi connectivity index (χ0n) is 29.3. The third-order valence-corrected chi connectivity index (χ3v) is 8.76. The predicted molar refractivity (Wildman–Crippen MR) is 172 cm³/mol. The number of aromatic nitrogens is 4. The molecule has 2 heterocycles. The zero-order valence-corrected chi connectivity index (χ0v) is 33.8. The number of imidazole rings is 2. The van der Waals surface area contributed by atoms with Gasteiger partial charge in [-0.3, -0.25) is 0 Å². The predicted octanol–water partition coefficient (Wildman–Crippen LogP) is 9.04.